The molecule has 1 aliphatic carbocycles. The molecule has 5 aromatic rings. The Morgan fingerprint density at radius 1 is 0.818 bits per heavy atom. The molecule has 2 aromatic heterocycles. The van der Waals surface area contributed by atoms with E-state index < -0.39 is 0 Å². The average Bonchev–Trinajstić information content (AvgIpc) is 3.23. The molecule has 0 saturated heterocycles. The Morgan fingerprint density at radius 3 is 2.48 bits per heavy atom. The molecule has 0 N–H and O–H groups in total. The van der Waals surface area contributed by atoms with Gasteiger partial charge in [0.1, 0.15) is 5.82 Å². The van der Waals surface area contributed by atoms with Crippen molar-refractivity contribution in [2.45, 2.75) is 38.5 Å². The van der Waals surface area contributed by atoms with Gasteiger partial charge in [-0.3, -0.25) is 4.98 Å². The van der Waals surface area contributed by atoms with Gasteiger partial charge >= 0.3 is 0 Å². The smallest absolute Gasteiger partial charge is 0.123 e. The quantitative estimate of drug-likeness (QED) is 0.265. The molecule has 1 fully saturated rings. The van der Waals surface area contributed by atoms with Gasteiger partial charge in [-0.05, 0) is 71.5 Å². The predicted molar refractivity (Wildman–Crippen MR) is 138 cm³/mol. The number of aromatic nitrogens is 1. The molecule has 2 heterocycles. The molecule has 164 valence electrons. The Bertz CT molecular complexity index is 1430. The number of nitrogens with zero attached hydrogens (tertiary/aromatic N) is 1. The molecular weight excluding hydrogens is 425 g/mol. The van der Waals surface area contributed by atoms with E-state index in [9.17, 15) is 4.39 Å². The summed E-state index contributed by atoms with van der Waals surface area (Å²) in [6.07, 6.45) is 9.92. The third-order valence-electron chi connectivity index (χ3n) is 7.00. The summed E-state index contributed by atoms with van der Waals surface area (Å²) in [5.41, 5.74) is 5.70. The van der Waals surface area contributed by atoms with Crippen LogP contribution in [0.15, 0.2) is 79.0 Å². The molecule has 3 heteroatoms. The van der Waals surface area contributed by atoms with E-state index in [0.29, 0.717) is 0 Å². The van der Waals surface area contributed by atoms with Gasteiger partial charge in [-0.2, -0.15) is 0 Å². The zero-order valence-corrected chi connectivity index (χ0v) is 19.4. The topological polar surface area (TPSA) is 12.9 Å². The van der Waals surface area contributed by atoms with Crippen molar-refractivity contribution in [1.29, 1.82) is 0 Å². The van der Waals surface area contributed by atoms with E-state index in [2.05, 4.69) is 48.5 Å². The van der Waals surface area contributed by atoms with E-state index in [4.69, 9.17) is 4.98 Å². The molecule has 0 bridgehead atoms. The van der Waals surface area contributed by atoms with Crippen LogP contribution in [0, 0.1) is 11.7 Å². The standard InChI is InChI=1S/C30H26FNS/c31-24-12-10-22(11-13-24)26-18-23(19-29-30(26)25-8-4-5-9-28(25)33-29)27-17-21(14-15-32-27)16-20-6-2-1-3-7-20/h4-5,8-15,17-20H,1-3,6-7,16H2. The highest BCUT2D eigenvalue weighted by molar-refractivity contribution is 7.26. The van der Waals surface area contributed by atoms with Gasteiger partial charge in [0.15, 0.2) is 0 Å². The molecule has 0 spiro atoms. The first-order valence-electron chi connectivity index (χ1n) is 11.9. The average molecular weight is 452 g/mol. The fourth-order valence-corrected chi connectivity index (χ4v) is 6.51. The lowest BCUT2D eigenvalue weighted by Gasteiger charge is -2.21. The molecule has 6 rings (SSSR count). The normalized spacial score (nSPS) is 14.8. The van der Waals surface area contributed by atoms with Crippen LogP contribution in [0.5, 0.6) is 0 Å². The third-order valence-corrected chi connectivity index (χ3v) is 8.12. The van der Waals surface area contributed by atoms with E-state index in [1.54, 1.807) is 12.1 Å². The Labute approximate surface area is 197 Å². The van der Waals surface area contributed by atoms with E-state index in [1.807, 2.05) is 29.7 Å². The van der Waals surface area contributed by atoms with Crippen LogP contribution in [-0.2, 0) is 6.42 Å². The van der Waals surface area contributed by atoms with Gasteiger partial charge in [-0.15, -0.1) is 11.3 Å². The Hall–Kier alpha value is -3.04. The summed E-state index contributed by atoms with van der Waals surface area (Å²) in [7, 11) is 0. The number of halogens is 1. The van der Waals surface area contributed by atoms with Crippen molar-refractivity contribution in [3.8, 4) is 22.4 Å². The summed E-state index contributed by atoms with van der Waals surface area (Å²) in [6.45, 7) is 0. The number of hydrogen-bond acceptors (Lipinski definition) is 2. The van der Waals surface area contributed by atoms with Gasteiger partial charge in [0.2, 0.25) is 0 Å². The third kappa shape index (κ3) is 4.06. The van der Waals surface area contributed by atoms with Crippen LogP contribution in [0.25, 0.3) is 42.6 Å². The maximum absolute atomic E-state index is 13.7. The summed E-state index contributed by atoms with van der Waals surface area (Å²) in [6, 6.07) is 24.4. The fraction of sp³-hybridized carbons (Fsp3) is 0.233. The first-order chi connectivity index (χ1) is 16.2. The lowest BCUT2D eigenvalue weighted by Crippen LogP contribution is -2.09. The second-order valence-corrected chi connectivity index (χ2v) is 10.3. The Kier molecular flexibility index (Phi) is 5.43. The zero-order valence-electron chi connectivity index (χ0n) is 18.6. The number of thiophene rings is 1. The van der Waals surface area contributed by atoms with Crippen molar-refractivity contribution < 1.29 is 4.39 Å². The summed E-state index contributed by atoms with van der Waals surface area (Å²) >= 11 is 1.81. The largest absolute Gasteiger partial charge is 0.256 e. The van der Waals surface area contributed by atoms with Crippen molar-refractivity contribution in [1.82, 2.24) is 4.98 Å². The van der Waals surface area contributed by atoms with E-state index in [-0.39, 0.29) is 5.82 Å². The Morgan fingerprint density at radius 2 is 1.64 bits per heavy atom. The summed E-state index contributed by atoms with van der Waals surface area (Å²) in [5, 5.41) is 2.49. The molecule has 1 nitrogen and oxygen atoms in total. The minimum atomic E-state index is -0.210. The maximum Gasteiger partial charge on any atom is 0.123 e. The van der Waals surface area contributed by atoms with Crippen molar-refractivity contribution in [3.63, 3.8) is 0 Å². The first kappa shape index (κ1) is 20.6. The minimum absolute atomic E-state index is 0.210. The van der Waals surface area contributed by atoms with Crippen LogP contribution in [0.4, 0.5) is 4.39 Å². The summed E-state index contributed by atoms with van der Waals surface area (Å²) < 4.78 is 16.2. The monoisotopic (exact) mass is 451 g/mol. The van der Waals surface area contributed by atoms with Crippen LogP contribution in [0.1, 0.15) is 37.7 Å². The van der Waals surface area contributed by atoms with E-state index in [1.165, 1.54) is 57.8 Å². The van der Waals surface area contributed by atoms with Gasteiger partial charge in [0, 0.05) is 31.9 Å². The maximum atomic E-state index is 13.7. The summed E-state index contributed by atoms with van der Waals surface area (Å²) in [5.74, 6) is 0.590. The Balaban J connectivity index is 1.49. The fourth-order valence-electron chi connectivity index (χ4n) is 5.34. The van der Waals surface area contributed by atoms with Crippen molar-refractivity contribution in [2.24, 2.45) is 5.92 Å². The molecule has 1 saturated carbocycles. The minimum Gasteiger partial charge on any atom is -0.256 e. The van der Waals surface area contributed by atoms with Gasteiger partial charge in [0.05, 0.1) is 5.69 Å². The molecule has 0 atom stereocenters. The number of rotatable bonds is 4. The molecule has 1 aliphatic rings. The van der Waals surface area contributed by atoms with Crippen LogP contribution >= 0.6 is 11.3 Å². The van der Waals surface area contributed by atoms with Crippen LogP contribution in [0.2, 0.25) is 0 Å². The summed E-state index contributed by atoms with van der Waals surface area (Å²) in [4.78, 5) is 4.76. The molecule has 33 heavy (non-hydrogen) atoms. The van der Waals surface area contributed by atoms with Crippen molar-refractivity contribution >= 4 is 31.5 Å². The molecule has 0 amide bonds. The van der Waals surface area contributed by atoms with Gasteiger partial charge in [-0.25, -0.2) is 4.39 Å². The number of pyridine rings is 1. The molecule has 3 aromatic carbocycles. The second kappa shape index (κ2) is 8.72. The van der Waals surface area contributed by atoms with Crippen LogP contribution < -0.4 is 0 Å². The van der Waals surface area contributed by atoms with Gasteiger partial charge < -0.3 is 0 Å². The van der Waals surface area contributed by atoms with Crippen molar-refractivity contribution in [2.75, 3.05) is 0 Å². The number of hydrogen-bond donors (Lipinski definition) is 0. The number of fused-ring (bicyclic) bond motifs is 3. The zero-order chi connectivity index (χ0) is 22.2. The van der Waals surface area contributed by atoms with E-state index in [0.717, 1.165) is 34.7 Å². The second-order valence-electron chi connectivity index (χ2n) is 9.26. The highest BCUT2D eigenvalue weighted by Crippen LogP contribution is 2.42. The molecule has 0 aliphatic heterocycles. The SMILES string of the molecule is Fc1ccc(-c2cc(-c3cc(CC4CCCCC4)ccn3)cc3sc4ccccc4c23)cc1. The molecule has 0 radical (unpaired) electrons. The van der Waals surface area contributed by atoms with Crippen molar-refractivity contribution in [3.05, 3.63) is 90.4 Å². The van der Waals surface area contributed by atoms with Gasteiger partial charge in [-0.1, -0.05) is 62.4 Å². The highest BCUT2D eigenvalue weighted by atomic mass is 32.1. The first-order valence-corrected chi connectivity index (χ1v) is 12.7. The highest BCUT2D eigenvalue weighted by Gasteiger charge is 2.16. The van der Waals surface area contributed by atoms with E-state index >= 15 is 0 Å². The van der Waals surface area contributed by atoms with Gasteiger partial charge in [0.25, 0.3) is 0 Å². The predicted octanol–water partition coefficient (Wildman–Crippen LogP) is 9.05. The van der Waals surface area contributed by atoms with Crippen LogP contribution in [-0.4, -0.2) is 4.98 Å². The molecular formula is C30H26FNS. The number of benzene rings is 3. The molecule has 0 unspecified atom stereocenters. The lowest BCUT2D eigenvalue weighted by molar-refractivity contribution is 0.356. The lowest BCUT2D eigenvalue weighted by atomic mass is 9.85. The van der Waals surface area contributed by atoms with Crippen LogP contribution in [0.3, 0.4) is 0 Å².